The SMILES string of the molecule is CCCCCCCCCCCCc1ccc(C(=S)COCC(=S)c2ccc(CCCCCCCCCCCC)cc2)cc1. The largest absolute Gasteiger partial charge is 0.370 e. The first kappa shape index (κ1) is 37.8. The molecule has 2 rings (SSSR count). The molecule has 0 spiro atoms. The van der Waals surface area contributed by atoms with Gasteiger partial charge in [-0.2, -0.15) is 0 Å². The quantitative estimate of drug-likeness (QED) is 0.0531. The summed E-state index contributed by atoms with van der Waals surface area (Å²) in [6.07, 6.45) is 29.9. The van der Waals surface area contributed by atoms with Crippen molar-refractivity contribution in [2.24, 2.45) is 0 Å². The molecule has 0 heterocycles. The van der Waals surface area contributed by atoms with Crippen LogP contribution < -0.4 is 0 Å². The third kappa shape index (κ3) is 18.9. The van der Waals surface area contributed by atoms with Gasteiger partial charge < -0.3 is 4.74 Å². The first-order chi connectivity index (χ1) is 21.1. The van der Waals surface area contributed by atoms with Gasteiger partial charge in [-0.05, 0) is 47.9 Å². The molecule has 240 valence electrons. The molecule has 0 N–H and O–H groups in total. The van der Waals surface area contributed by atoms with Crippen molar-refractivity contribution >= 4 is 34.2 Å². The average molecular weight is 623 g/mol. The van der Waals surface area contributed by atoms with Crippen molar-refractivity contribution in [3.63, 3.8) is 0 Å². The first-order valence-electron chi connectivity index (χ1n) is 18.0. The zero-order chi connectivity index (χ0) is 30.8. The predicted octanol–water partition coefficient (Wildman–Crippen LogP) is 12.8. The van der Waals surface area contributed by atoms with Crippen molar-refractivity contribution in [2.45, 2.75) is 155 Å². The van der Waals surface area contributed by atoms with Crippen molar-refractivity contribution < 1.29 is 4.74 Å². The molecule has 0 aromatic heterocycles. The van der Waals surface area contributed by atoms with Crippen LogP contribution in [0.1, 0.15) is 165 Å². The van der Waals surface area contributed by atoms with E-state index >= 15 is 0 Å². The average Bonchev–Trinajstić information content (AvgIpc) is 3.03. The second kappa shape index (κ2) is 25.9. The molecule has 0 radical (unpaired) electrons. The Kier molecular flexibility index (Phi) is 22.7. The second-order valence-electron chi connectivity index (χ2n) is 12.6. The molecule has 0 fully saturated rings. The van der Waals surface area contributed by atoms with E-state index in [1.807, 2.05) is 0 Å². The fourth-order valence-electron chi connectivity index (χ4n) is 5.75. The van der Waals surface area contributed by atoms with E-state index in [-0.39, 0.29) is 0 Å². The van der Waals surface area contributed by atoms with Gasteiger partial charge in [-0.25, -0.2) is 0 Å². The minimum atomic E-state index is 0.435. The van der Waals surface area contributed by atoms with E-state index in [9.17, 15) is 0 Å². The monoisotopic (exact) mass is 622 g/mol. The maximum atomic E-state index is 5.92. The minimum absolute atomic E-state index is 0.435. The van der Waals surface area contributed by atoms with Crippen LogP contribution in [0.4, 0.5) is 0 Å². The number of unbranched alkanes of at least 4 members (excludes halogenated alkanes) is 18. The molecule has 0 saturated heterocycles. The molecular weight excluding hydrogens is 561 g/mol. The van der Waals surface area contributed by atoms with Gasteiger partial charge in [0.25, 0.3) is 0 Å². The molecular formula is C40H62OS2. The van der Waals surface area contributed by atoms with Crippen LogP contribution in [-0.4, -0.2) is 22.9 Å². The predicted molar refractivity (Wildman–Crippen MR) is 198 cm³/mol. The highest BCUT2D eigenvalue weighted by molar-refractivity contribution is 7.81. The molecule has 2 aromatic rings. The number of aryl methyl sites for hydroxylation is 2. The minimum Gasteiger partial charge on any atom is -0.370 e. The van der Waals surface area contributed by atoms with E-state index in [0.717, 1.165) is 33.7 Å². The zero-order valence-corrected chi connectivity index (χ0v) is 29.4. The molecule has 0 aliphatic carbocycles. The molecule has 0 aliphatic rings. The summed E-state index contributed by atoms with van der Waals surface area (Å²) >= 11 is 11.3. The molecule has 0 bridgehead atoms. The standard InChI is InChI=1S/C40H62OS2/c1-3-5-7-9-11-13-15-17-19-21-23-35-25-29-37(30-26-35)39(42)33-41-34-40(43)38-31-27-36(28-32-38)24-22-20-18-16-14-12-10-8-6-4-2/h25-32H,3-24,33-34H2,1-2H3. The van der Waals surface area contributed by atoms with Gasteiger partial charge in [-0.15, -0.1) is 0 Å². The lowest BCUT2D eigenvalue weighted by atomic mass is 10.0. The van der Waals surface area contributed by atoms with Gasteiger partial charge in [-0.3, -0.25) is 0 Å². The van der Waals surface area contributed by atoms with Gasteiger partial charge >= 0.3 is 0 Å². The van der Waals surface area contributed by atoms with Crippen LogP contribution in [0.5, 0.6) is 0 Å². The van der Waals surface area contributed by atoms with Crippen molar-refractivity contribution in [3.8, 4) is 0 Å². The number of hydrogen-bond donors (Lipinski definition) is 0. The molecule has 43 heavy (non-hydrogen) atoms. The molecule has 0 aliphatic heterocycles. The van der Waals surface area contributed by atoms with Crippen LogP contribution in [0.15, 0.2) is 48.5 Å². The highest BCUT2D eigenvalue weighted by Gasteiger charge is 2.06. The van der Waals surface area contributed by atoms with Gasteiger partial charge in [0.05, 0.1) is 13.2 Å². The Morgan fingerprint density at radius 1 is 0.419 bits per heavy atom. The molecule has 0 unspecified atom stereocenters. The number of thiocarbonyl (C=S) groups is 2. The van der Waals surface area contributed by atoms with E-state index < -0.39 is 0 Å². The lowest BCUT2D eigenvalue weighted by molar-refractivity contribution is 0.218. The third-order valence-corrected chi connectivity index (χ3v) is 9.36. The summed E-state index contributed by atoms with van der Waals surface area (Å²) in [7, 11) is 0. The summed E-state index contributed by atoms with van der Waals surface area (Å²) in [5.41, 5.74) is 4.99. The summed E-state index contributed by atoms with van der Waals surface area (Å²) in [5, 5.41) is 0. The zero-order valence-electron chi connectivity index (χ0n) is 27.8. The summed E-state index contributed by atoms with van der Waals surface area (Å²) in [4.78, 5) is 1.69. The Morgan fingerprint density at radius 2 is 0.698 bits per heavy atom. The van der Waals surface area contributed by atoms with Crippen molar-refractivity contribution in [1.82, 2.24) is 0 Å². The summed E-state index contributed by atoms with van der Waals surface area (Å²) in [6.45, 7) is 5.44. The smallest absolute Gasteiger partial charge is 0.0828 e. The summed E-state index contributed by atoms with van der Waals surface area (Å²) in [5.74, 6) is 0. The lowest BCUT2D eigenvalue weighted by Gasteiger charge is -2.09. The molecule has 0 saturated carbocycles. The van der Waals surface area contributed by atoms with Gasteiger partial charge in [0, 0.05) is 9.73 Å². The van der Waals surface area contributed by atoms with Crippen molar-refractivity contribution in [2.75, 3.05) is 13.2 Å². The Hall–Kier alpha value is -1.42. The van der Waals surface area contributed by atoms with E-state index in [1.165, 1.54) is 140 Å². The highest BCUT2D eigenvalue weighted by Crippen LogP contribution is 2.16. The Bertz CT molecular complexity index is 883. The first-order valence-corrected chi connectivity index (χ1v) is 18.8. The van der Waals surface area contributed by atoms with Crippen LogP contribution in [0.25, 0.3) is 0 Å². The topological polar surface area (TPSA) is 9.23 Å². The van der Waals surface area contributed by atoms with E-state index in [0.29, 0.717) is 13.2 Å². The number of hydrogen-bond acceptors (Lipinski definition) is 3. The van der Waals surface area contributed by atoms with Crippen LogP contribution in [0.2, 0.25) is 0 Å². The van der Waals surface area contributed by atoms with Crippen LogP contribution in [0, 0.1) is 0 Å². The van der Waals surface area contributed by atoms with E-state index in [4.69, 9.17) is 29.2 Å². The molecule has 0 atom stereocenters. The lowest BCUT2D eigenvalue weighted by Crippen LogP contribution is -2.14. The van der Waals surface area contributed by atoms with Crippen molar-refractivity contribution in [3.05, 3.63) is 70.8 Å². The van der Waals surface area contributed by atoms with Gasteiger partial charge in [-0.1, -0.05) is 202 Å². The molecule has 2 aromatic carbocycles. The molecule has 1 nitrogen and oxygen atoms in total. The number of ether oxygens (including phenoxy) is 1. The summed E-state index contributed by atoms with van der Waals surface area (Å²) in [6, 6.07) is 17.6. The Morgan fingerprint density at radius 3 is 1.00 bits per heavy atom. The summed E-state index contributed by atoms with van der Waals surface area (Å²) < 4.78 is 5.92. The fourth-order valence-corrected chi connectivity index (χ4v) is 6.19. The van der Waals surface area contributed by atoms with E-state index in [1.54, 1.807) is 0 Å². The number of rotatable bonds is 28. The van der Waals surface area contributed by atoms with Gasteiger partial charge in [0.15, 0.2) is 0 Å². The normalized spacial score (nSPS) is 11.2. The second-order valence-corrected chi connectivity index (χ2v) is 13.6. The number of benzene rings is 2. The Balaban J connectivity index is 1.53. The van der Waals surface area contributed by atoms with Crippen LogP contribution in [-0.2, 0) is 17.6 Å². The molecule has 0 amide bonds. The Labute approximate surface area is 277 Å². The van der Waals surface area contributed by atoms with Gasteiger partial charge in [0.1, 0.15) is 0 Å². The molecule has 3 heteroatoms. The van der Waals surface area contributed by atoms with E-state index in [2.05, 4.69) is 62.4 Å². The third-order valence-electron chi connectivity index (χ3n) is 8.66. The van der Waals surface area contributed by atoms with Crippen LogP contribution >= 0.6 is 24.4 Å². The van der Waals surface area contributed by atoms with Gasteiger partial charge in [0.2, 0.25) is 0 Å². The highest BCUT2D eigenvalue weighted by atomic mass is 32.1. The van der Waals surface area contributed by atoms with Crippen molar-refractivity contribution in [1.29, 1.82) is 0 Å². The van der Waals surface area contributed by atoms with Crippen LogP contribution in [0.3, 0.4) is 0 Å². The fraction of sp³-hybridized carbons (Fsp3) is 0.650. The maximum absolute atomic E-state index is 5.92. The maximum Gasteiger partial charge on any atom is 0.0828 e.